The minimum atomic E-state index is 0.617. The lowest BCUT2D eigenvalue weighted by Gasteiger charge is -2.43. The molecular weight excluding hydrogens is 653 g/mol. The molecule has 1 aliphatic heterocycles. The van der Waals surface area contributed by atoms with Crippen molar-refractivity contribution in [2.75, 3.05) is 10.0 Å². The minimum absolute atomic E-state index is 0.617. The van der Waals surface area contributed by atoms with Crippen molar-refractivity contribution in [2.45, 2.75) is 6.92 Å². The topological polar surface area (TPSA) is 32.3 Å². The number of rotatable bonds is 3. The summed E-state index contributed by atoms with van der Waals surface area (Å²) in [5.41, 5.74) is 9.72. The summed E-state index contributed by atoms with van der Waals surface area (Å²) in [6.45, 7) is 2.18. The van der Waals surface area contributed by atoms with Crippen LogP contribution in [0.4, 0.5) is 23.0 Å². The third-order valence-corrected chi connectivity index (χ3v) is 11.6. The molecule has 4 nitrogen and oxygen atoms in total. The highest BCUT2D eigenvalue weighted by atomic mass is 32.1. The molecule has 244 valence electrons. The molecule has 52 heavy (non-hydrogen) atoms. The molecule has 0 spiro atoms. The molecule has 3 heterocycles. The third kappa shape index (κ3) is 4.20. The van der Waals surface area contributed by atoms with Gasteiger partial charge in [-0.05, 0) is 64.9 Å². The molecule has 0 N–H and O–H groups in total. The monoisotopic (exact) mass is 682 g/mol. The van der Waals surface area contributed by atoms with Crippen LogP contribution in [0.25, 0.3) is 75.0 Å². The molecule has 0 amide bonds. The molecule has 2 aromatic heterocycles. The van der Waals surface area contributed by atoms with Crippen LogP contribution in [0.1, 0.15) is 5.56 Å². The average molecular weight is 683 g/mol. The van der Waals surface area contributed by atoms with E-state index in [-0.39, 0.29) is 0 Å². The van der Waals surface area contributed by atoms with Crippen molar-refractivity contribution in [1.82, 2.24) is 9.97 Å². The Hall–Kier alpha value is -6.56. The largest absolute Gasteiger partial charge is 0.251 e. The Labute approximate surface area is 304 Å². The number of hydrogen-bond donors (Lipinski definition) is 0. The number of thiophene rings is 1. The molecule has 8 aromatic carbocycles. The highest BCUT2D eigenvalue weighted by Gasteiger charge is 2.38. The molecule has 11 rings (SSSR count). The fourth-order valence-electron chi connectivity index (χ4n) is 8.16. The van der Waals surface area contributed by atoms with Gasteiger partial charge in [-0.25, -0.2) is 20.0 Å². The van der Waals surface area contributed by atoms with Crippen LogP contribution >= 0.6 is 11.3 Å². The summed E-state index contributed by atoms with van der Waals surface area (Å²) < 4.78 is 2.48. The van der Waals surface area contributed by atoms with Crippen LogP contribution in [0.2, 0.25) is 0 Å². The number of fused-ring (bicyclic) bond motifs is 13. The van der Waals surface area contributed by atoms with Crippen LogP contribution in [0.5, 0.6) is 0 Å². The minimum Gasteiger partial charge on any atom is -0.246 e. The van der Waals surface area contributed by atoms with Crippen LogP contribution < -0.4 is 10.0 Å². The Morgan fingerprint density at radius 3 is 2.04 bits per heavy atom. The number of aryl methyl sites for hydroxylation is 1. The summed E-state index contributed by atoms with van der Waals surface area (Å²) in [7, 11) is 0. The summed E-state index contributed by atoms with van der Waals surface area (Å²) in [6.07, 6.45) is 0. The van der Waals surface area contributed by atoms with Crippen molar-refractivity contribution in [3.05, 3.63) is 169 Å². The van der Waals surface area contributed by atoms with Gasteiger partial charge in [0, 0.05) is 37.5 Å². The van der Waals surface area contributed by atoms with E-state index in [0.717, 1.165) is 39.2 Å². The van der Waals surface area contributed by atoms with Crippen LogP contribution in [0.15, 0.2) is 164 Å². The molecule has 1 aliphatic rings. The SMILES string of the molecule is Cc1ccc2sc3c4c(c5ccccc5c3c2c1)-c1c(ccc2ccccc12)N(c1ccccc1)N4c1nc(-c2ccccc2)c2ccccc2n1. The average Bonchev–Trinajstić information content (AvgIpc) is 3.59. The molecule has 0 unspecified atom stereocenters. The Balaban J connectivity index is 1.38. The van der Waals surface area contributed by atoms with E-state index in [1.54, 1.807) is 0 Å². The first-order valence-electron chi connectivity index (χ1n) is 17.6. The van der Waals surface area contributed by atoms with Crippen molar-refractivity contribution in [2.24, 2.45) is 0 Å². The van der Waals surface area contributed by atoms with Crippen LogP contribution in [-0.2, 0) is 0 Å². The van der Waals surface area contributed by atoms with E-state index in [9.17, 15) is 0 Å². The van der Waals surface area contributed by atoms with Gasteiger partial charge in [-0.2, -0.15) is 0 Å². The fraction of sp³-hybridized carbons (Fsp3) is 0.0213. The van der Waals surface area contributed by atoms with Gasteiger partial charge in [0.2, 0.25) is 0 Å². The zero-order valence-electron chi connectivity index (χ0n) is 28.3. The second-order valence-electron chi connectivity index (χ2n) is 13.5. The fourth-order valence-corrected chi connectivity index (χ4v) is 9.39. The van der Waals surface area contributed by atoms with Crippen molar-refractivity contribution < 1.29 is 0 Å². The van der Waals surface area contributed by atoms with E-state index in [1.807, 2.05) is 11.3 Å². The summed E-state index contributed by atoms with van der Waals surface area (Å²) in [4.78, 5) is 11.0. The Bertz CT molecular complexity index is 3040. The van der Waals surface area contributed by atoms with Crippen molar-refractivity contribution >= 4 is 87.0 Å². The second kappa shape index (κ2) is 11.2. The molecule has 0 saturated heterocycles. The van der Waals surface area contributed by atoms with Crippen molar-refractivity contribution in [3.63, 3.8) is 0 Å². The molecule has 0 aliphatic carbocycles. The maximum absolute atomic E-state index is 5.54. The van der Waals surface area contributed by atoms with Gasteiger partial charge >= 0.3 is 0 Å². The summed E-state index contributed by atoms with van der Waals surface area (Å²) in [6, 6.07) is 58.6. The molecule has 0 fully saturated rings. The van der Waals surface area contributed by atoms with Gasteiger partial charge in [-0.3, -0.25) is 0 Å². The first-order valence-corrected chi connectivity index (χ1v) is 18.4. The van der Waals surface area contributed by atoms with Crippen LogP contribution in [-0.4, -0.2) is 9.97 Å². The summed E-state index contributed by atoms with van der Waals surface area (Å²) in [5.74, 6) is 0.617. The van der Waals surface area contributed by atoms with E-state index in [0.29, 0.717) is 5.95 Å². The molecule has 0 saturated carbocycles. The van der Waals surface area contributed by atoms with Gasteiger partial charge in [-0.1, -0.05) is 133 Å². The number of aromatic nitrogens is 2. The predicted octanol–water partition coefficient (Wildman–Crippen LogP) is 13.2. The molecular formula is C47H30N4S. The van der Waals surface area contributed by atoms with Gasteiger partial charge in [0.15, 0.2) is 0 Å². The molecule has 5 heteroatoms. The van der Waals surface area contributed by atoms with E-state index in [1.165, 1.54) is 58.4 Å². The normalized spacial score (nSPS) is 12.6. The quantitative estimate of drug-likeness (QED) is 0.186. The van der Waals surface area contributed by atoms with E-state index < -0.39 is 0 Å². The summed E-state index contributed by atoms with van der Waals surface area (Å²) >= 11 is 1.86. The lowest BCUT2D eigenvalue weighted by Crippen LogP contribution is -2.40. The maximum Gasteiger partial charge on any atom is 0.251 e. The second-order valence-corrected chi connectivity index (χ2v) is 14.5. The number of nitrogens with zero attached hydrogens (tertiary/aromatic N) is 4. The van der Waals surface area contributed by atoms with Gasteiger partial charge < -0.3 is 0 Å². The number of hydrazine groups is 1. The first kappa shape index (κ1) is 29.2. The van der Waals surface area contributed by atoms with Crippen LogP contribution in [0.3, 0.4) is 0 Å². The maximum atomic E-state index is 5.54. The van der Waals surface area contributed by atoms with E-state index in [4.69, 9.17) is 9.97 Å². The third-order valence-electron chi connectivity index (χ3n) is 10.4. The number of benzene rings is 8. The van der Waals surface area contributed by atoms with Gasteiger partial charge in [0.05, 0.1) is 33.0 Å². The molecule has 0 bridgehead atoms. The lowest BCUT2D eigenvalue weighted by atomic mass is 9.87. The number of anilines is 4. The molecule has 0 radical (unpaired) electrons. The standard InChI is InChI=1S/C47H30N4S/c1-29-24-27-40-37(28-29)41-34-20-10-11-21-35(34)43-42-33-19-9-8-14-30(33)25-26-39(42)50(32-17-6-3-7-18-32)51(45(43)46(41)52-40)47-48-38-23-13-12-22-36(38)44(49-47)31-15-4-2-5-16-31/h2-28H,1H3. The predicted molar refractivity (Wildman–Crippen MR) is 220 cm³/mol. The number of hydrogen-bond acceptors (Lipinski definition) is 5. The van der Waals surface area contributed by atoms with Gasteiger partial charge in [0.25, 0.3) is 5.95 Å². The summed E-state index contributed by atoms with van der Waals surface area (Å²) in [5, 5.41) is 13.1. The highest BCUT2D eigenvalue weighted by Crippen LogP contribution is 2.59. The van der Waals surface area contributed by atoms with Gasteiger partial charge in [0.1, 0.15) is 0 Å². The number of para-hydroxylation sites is 2. The van der Waals surface area contributed by atoms with Crippen molar-refractivity contribution in [3.8, 4) is 22.4 Å². The zero-order valence-corrected chi connectivity index (χ0v) is 29.1. The first-order chi connectivity index (χ1) is 25.7. The molecule has 10 aromatic rings. The Morgan fingerprint density at radius 1 is 0.519 bits per heavy atom. The van der Waals surface area contributed by atoms with E-state index >= 15 is 0 Å². The van der Waals surface area contributed by atoms with Crippen LogP contribution in [0, 0.1) is 6.92 Å². The lowest BCUT2D eigenvalue weighted by molar-refractivity contribution is 0.933. The van der Waals surface area contributed by atoms with E-state index in [2.05, 4.69) is 181 Å². The zero-order chi connectivity index (χ0) is 34.3. The Kier molecular flexibility index (Phi) is 6.30. The molecule has 0 atom stereocenters. The highest BCUT2D eigenvalue weighted by molar-refractivity contribution is 7.26. The van der Waals surface area contributed by atoms with Crippen molar-refractivity contribution in [1.29, 1.82) is 0 Å². The Morgan fingerprint density at radius 2 is 1.21 bits per heavy atom. The smallest absolute Gasteiger partial charge is 0.246 e. The van der Waals surface area contributed by atoms with Gasteiger partial charge in [-0.15, -0.1) is 11.3 Å².